The van der Waals surface area contributed by atoms with Crippen LogP contribution in [-0.4, -0.2) is 26.6 Å². The lowest BCUT2D eigenvalue weighted by atomic mass is 10.0. The zero-order valence-corrected chi connectivity index (χ0v) is 11.0. The van der Waals surface area contributed by atoms with Crippen molar-refractivity contribution in [2.75, 3.05) is 0 Å². The number of rotatable bonds is 5. The Morgan fingerprint density at radius 1 is 1.45 bits per heavy atom. The van der Waals surface area contributed by atoms with Gasteiger partial charge in [0.2, 0.25) is 5.91 Å². The van der Waals surface area contributed by atoms with Gasteiger partial charge in [-0.2, -0.15) is 0 Å². The molecule has 0 aliphatic rings. The van der Waals surface area contributed by atoms with E-state index >= 15 is 0 Å². The minimum atomic E-state index is -0.887. The van der Waals surface area contributed by atoms with Crippen LogP contribution in [0.15, 0.2) is 43.0 Å². The molecule has 1 heterocycles. The Kier molecular flexibility index (Phi) is 4.47. The van der Waals surface area contributed by atoms with Crippen molar-refractivity contribution in [1.29, 1.82) is 0 Å². The molecule has 2 atom stereocenters. The first kappa shape index (κ1) is 14.2. The number of nitrogens with one attached hydrogen (secondary N) is 1. The third-order valence-electron chi connectivity index (χ3n) is 2.96. The summed E-state index contributed by atoms with van der Waals surface area (Å²) in [5.41, 5.74) is 0.557. The van der Waals surface area contributed by atoms with Crippen LogP contribution < -0.4 is 5.32 Å². The second-order valence-electron chi connectivity index (χ2n) is 4.59. The summed E-state index contributed by atoms with van der Waals surface area (Å²) in [7, 11) is 0. The second kappa shape index (κ2) is 6.29. The lowest BCUT2D eigenvalue weighted by Crippen LogP contribution is -2.38. The highest BCUT2D eigenvalue weighted by molar-refractivity contribution is 5.76. The smallest absolute Gasteiger partial charge is 0.240 e. The standard InChI is InChI=1S/C14H16FN3O2/c1-10(14(20)11-2-4-12(15)5-3-11)17-13(19)8-18-7-6-16-9-18/h2-7,9-10,14,20H,8H2,1H3,(H,17,19). The van der Waals surface area contributed by atoms with Gasteiger partial charge in [0.25, 0.3) is 0 Å². The number of aromatic nitrogens is 2. The first-order valence-corrected chi connectivity index (χ1v) is 6.25. The molecule has 0 fully saturated rings. The Balaban J connectivity index is 1.91. The van der Waals surface area contributed by atoms with E-state index < -0.39 is 12.1 Å². The summed E-state index contributed by atoms with van der Waals surface area (Å²) in [4.78, 5) is 15.6. The van der Waals surface area contributed by atoms with Gasteiger partial charge in [0.15, 0.2) is 0 Å². The highest BCUT2D eigenvalue weighted by Gasteiger charge is 2.18. The molecule has 0 aliphatic heterocycles. The first-order valence-electron chi connectivity index (χ1n) is 6.25. The molecule has 5 nitrogen and oxygen atoms in total. The summed E-state index contributed by atoms with van der Waals surface area (Å²) in [5.74, 6) is -0.589. The molecule has 0 aliphatic carbocycles. The van der Waals surface area contributed by atoms with E-state index in [2.05, 4.69) is 10.3 Å². The van der Waals surface area contributed by atoms with Crippen molar-refractivity contribution in [1.82, 2.24) is 14.9 Å². The van der Waals surface area contributed by atoms with E-state index in [4.69, 9.17) is 0 Å². The molecule has 2 aromatic rings. The Labute approximate surface area is 116 Å². The zero-order valence-electron chi connectivity index (χ0n) is 11.0. The lowest BCUT2D eigenvalue weighted by molar-refractivity contribution is -0.123. The van der Waals surface area contributed by atoms with Crippen molar-refractivity contribution >= 4 is 5.91 Å². The van der Waals surface area contributed by atoms with E-state index in [1.54, 1.807) is 30.2 Å². The molecule has 0 saturated carbocycles. The molecule has 106 valence electrons. The minimum absolute atomic E-state index is 0.139. The molecular weight excluding hydrogens is 261 g/mol. The van der Waals surface area contributed by atoms with Gasteiger partial charge < -0.3 is 15.0 Å². The van der Waals surface area contributed by atoms with Crippen molar-refractivity contribution in [3.05, 3.63) is 54.4 Å². The number of halogens is 1. The molecule has 6 heteroatoms. The molecule has 2 unspecified atom stereocenters. The Hall–Kier alpha value is -2.21. The molecule has 1 amide bonds. The maximum absolute atomic E-state index is 12.8. The fourth-order valence-corrected chi connectivity index (χ4v) is 1.87. The van der Waals surface area contributed by atoms with Crippen LogP contribution in [0.2, 0.25) is 0 Å². The molecule has 2 rings (SSSR count). The van der Waals surface area contributed by atoms with Crippen molar-refractivity contribution < 1.29 is 14.3 Å². The summed E-state index contributed by atoms with van der Waals surface area (Å²) in [6.07, 6.45) is 3.92. The maximum atomic E-state index is 12.8. The van der Waals surface area contributed by atoms with Crippen molar-refractivity contribution in [2.24, 2.45) is 0 Å². The number of aliphatic hydroxyl groups excluding tert-OH is 1. The molecule has 20 heavy (non-hydrogen) atoms. The van der Waals surface area contributed by atoms with E-state index in [1.165, 1.54) is 24.3 Å². The Morgan fingerprint density at radius 2 is 2.15 bits per heavy atom. The van der Waals surface area contributed by atoms with Crippen LogP contribution in [0.1, 0.15) is 18.6 Å². The second-order valence-corrected chi connectivity index (χ2v) is 4.59. The molecule has 1 aromatic carbocycles. The summed E-state index contributed by atoms with van der Waals surface area (Å²) < 4.78 is 14.4. The quantitative estimate of drug-likeness (QED) is 0.864. The summed E-state index contributed by atoms with van der Waals surface area (Å²) in [6.45, 7) is 1.83. The van der Waals surface area contributed by atoms with E-state index in [1.807, 2.05) is 0 Å². The SMILES string of the molecule is CC(NC(=O)Cn1ccnc1)C(O)c1ccc(F)cc1. The van der Waals surface area contributed by atoms with Gasteiger partial charge in [-0.05, 0) is 24.6 Å². The van der Waals surface area contributed by atoms with Gasteiger partial charge in [0, 0.05) is 12.4 Å². The highest BCUT2D eigenvalue weighted by atomic mass is 19.1. The number of nitrogens with zero attached hydrogens (tertiary/aromatic N) is 2. The molecule has 0 radical (unpaired) electrons. The van der Waals surface area contributed by atoms with Crippen LogP contribution in [-0.2, 0) is 11.3 Å². The largest absolute Gasteiger partial charge is 0.386 e. The van der Waals surface area contributed by atoms with Crippen LogP contribution in [0, 0.1) is 5.82 Å². The summed E-state index contributed by atoms with van der Waals surface area (Å²) >= 11 is 0. The number of imidazole rings is 1. The van der Waals surface area contributed by atoms with Crippen LogP contribution in [0.25, 0.3) is 0 Å². The fourth-order valence-electron chi connectivity index (χ4n) is 1.87. The van der Waals surface area contributed by atoms with Crippen LogP contribution >= 0.6 is 0 Å². The van der Waals surface area contributed by atoms with E-state index in [0.717, 1.165) is 0 Å². The van der Waals surface area contributed by atoms with E-state index in [-0.39, 0.29) is 18.3 Å². The third kappa shape index (κ3) is 3.64. The fraction of sp³-hybridized carbons (Fsp3) is 0.286. The Bertz CT molecular complexity index is 554. The predicted octanol–water partition coefficient (Wildman–Crippen LogP) is 1.26. The normalized spacial score (nSPS) is 13.8. The van der Waals surface area contributed by atoms with Crippen LogP contribution in [0.4, 0.5) is 4.39 Å². The van der Waals surface area contributed by atoms with Crippen LogP contribution in [0.5, 0.6) is 0 Å². The zero-order chi connectivity index (χ0) is 14.5. The van der Waals surface area contributed by atoms with Gasteiger partial charge in [-0.1, -0.05) is 12.1 Å². The van der Waals surface area contributed by atoms with E-state index in [9.17, 15) is 14.3 Å². The number of carbonyl (C=O) groups excluding carboxylic acids is 1. The van der Waals surface area contributed by atoms with Crippen molar-refractivity contribution in [3.63, 3.8) is 0 Å². The topological polar surface area (TPSA) is 67.2 Å². The number of amides is 1. The molecule has 0 saturated heterocycles. The minimum Gasteiger partial charge on any atom is -0.386 e. The average molecular weight is 277 g/mol. The molecule has 0 spiro atoms. The lowest BCUT2D eigenvalue weighted by Gasteiger charge is -2.20. The number of aliphatic hydroxyl groups is 1. The molecular formula is C14H16FN3O2. The monoisotopic (exact) mass is 277 g/mol. The highest BCUT2D eigenvalue weighted by Crippen LogP contribution is 2.17. The van der Waals surface area contributed by atoms with Crippen molar-refractivity contribution in [3.8, 4) is 0 Å². The molecule has 0 bridgehead atoms. The Morgan fingerprint density at radius 3 is 2.75 bits per heavy atom. The van der Waals surface area contributed by atoms with E-state index in [0.29, 0.717) is 5.56 Å². The average Bonchev–Trinajstić information content (AvgIpc) is 2.91. The maximum Gasteiger partial charge on any atom is 0.240 e. The molecule has 1 aromatic heterocycles. The van der Waals surface area contributed by atoms with Gasteiger partial charge in [0.1, 0.15) is 12.4 Å². The number of hydrogen-bond acceptors (Lipinski definition) is 3. The van der Waals surface area contributed by atoms with Gasteiger partial charge >= 0.3 is 0 Å². The number of carbonyl (C=O) groups is 1. The van der Waals surface area contributed by atoms with Crippen molar-refractivity contribution in [2.45, 2.75) is 25.6 Å². The van der Waals surface area contributed by atoms with Gasteiger partial charge in [0.05, 0.1) is 18.5 Å². The predicted molar refractivity (Wildman–Crippen MR) is 71.2 cm³/mol. The number of hydrogen-bond donors (Lipinski definition) is 2. The third-order valence-corrected chi connectivity index (χ3v) is 2.96. The molecule has 2 N–H and O–H groups in total. The van der Waals surface area contributed by atoms with Crippen LogP contribution in [0.3, 0.4) is 0 Å². The van der Waals surface area contributed by atoms with Gasteiger partial charge in [-0.3, -0.25) is 4.79 Å². The summed E-state index contributed by atoms with van der Waals surface area (Å²) in [5, 5.41) is 12.8. The van der Waals surface area contributed by atoms with Gasteiger partial charge in [-0.25, -0.2) is 9.37 Å². The van der Waals surface area contributed by atoms with Gasteiger partial charge in [-0.15, -0.1) is 0 Å². The first-order chi connectivity index (χ1) is 9.56. The number of benzene rings is 1. The summed E-state index contributed by atoms with van der Waals surface area (Å²) in [6, 6.07) is 5.07.